The Balaban J connectivity index is 2.47. The molecule has 0 saturated heterocycles. The summed E-state index contributed by atoms with van der Waals surface area (Å²) < 4.78 is 0.770. The Morgan fingerprint density at radius 1 is 1.50 bits per heavy atom. The van der Waals surface area contributed by atoms with Crippen LogP contribution in [0.3, 0.4) is 0 Å². The minimum atomic E-state index is 0.141. The molecule has 0 aliphatic carbocycles. The monoisotopic (exact) mass is 288 g/mol. The molecule has 0 aliphatic rings. The number of hydrogen-bond acceptors (Lipinski definition) is 3. The molecule has 1 atom stereocenters. The van der Waals surface area contributed by atoms with E-state index in [1.165, 1.54) is 11.3 Å². The van der Waals surface area contributed by atoms with Crippen molar-refractivity contribution in [1.82, 2.24) is 10.2 Å². The first-order chi connectivity index (χ1) is 8.56. The van der Waals surface area contributed by atoms with Crippen LogP contribution >= 0.6 is 22.9 Å². The van der Waals surface area contributed by atoms with Gasteiger partial charge in [0.1, 0.15) is 0 Å². The van der Waals surface area contributed by atoms with E-state index in [0.29, 0.717) is 19.1 Å². The van der Waals surface area contributed by atoms with Gasteiger partial charge in [0.25, 0.3) is 0 Å². The highest BCUT2D eigenvalue weighted by Crippen LogP contribution is 2.22. The molecular formula is C13H21ClN2OS. The smallest absolute Gasteiger partial charge is 0.236 e. The normalized spacial score (nSPS) is 12.4. The minimum Gasteiger partial charge on any atom is -0.337 e. The number of likely N-dealkylation sites (N-methyl/N-ethyl adjacent to an activating group) is 1. The zero-order valence-corrected chi connectivity index (χ0v) is 12.8. The summed E-state index contributed by atoms with van der Waals surface area (Å²) in [5, 5.41) is 3.22. The van der Waals surface area contributed by atoms with Gasteiger partial charge in [-0.3, -0.25) is 4.79 Å². The number of carbonyl (C=O) groups excluding carboxylic acids is 1. The third-order valence-corrected chi connectivity index (χ3v) is 4.14. The Morgan fingerprint density at radius 2 is 2.22 bits per heavy atom. The fourth-order valence-corrected chi connectivity index (χ4v) is 2.62. The van der Waals surface area contributed by atoms with Crippen molar-refractivity contribution in [3.63, 3.8) is 0 Å². The SMILES string of the molecule is CCC(C)NCC(=O)N(CC)Cc1ccc(Cl)s1. The van der Waals surface area contributed by atoms with Crippen molar-refractivity contribution in [3.8, 4) is 0 Å². The standard InChI is InChI=1S/C13H21ClN2OS/c1-4-10(3)15-8-13(17)16(5-2)9-11-6-7-12(14)18-11/h6-7,10,15H,4-5,8-9H2,1-3H3. The summed E-state index contributed by atoms with van der Waals surface area (Å²) in [7, 11) is 0. The Bertz CT molecular complexity index is 381. The molecule has 0 bridgehead atoms. The Hall–Kier alpha value is -0.580. The lowest BCUT2D eigenvalue weighted by Crippen LogP contribution is -2.40. The maximum absolute atomic E-state index is 12.0. The van der Waals surface area contributed by atoms with Crippen molar-refractivity contribution >= 4 is 28.8 Å². The molecule has 102 valence electrons. The zero-order chi connectivity index (χ0) is 13.5. The fourth-order valence-electron chi connectivity index (χ4n) is 1.52. The van der Waals surface area contributed by atoms with E-state index < -0.39 is 0 Å². The Kier molecular flexibility index (Phi) is 6.68. The quantitative estimate of drug-likeness (QED) is 0.836. The number of thiophene rings is 1. The molecule has 0 saturated carbocycles. The first-order valence-electron chi connectivity index (χ1n) is 6.32. The van der Waals surface area contributed by atoms with Gasteiger partial charge in [-0.1, -0.05) is 18.5 Å². The lowest BCUT2D eigenvalue weighted by atomic mass is 10.2. The first kappa shape index (κ1) is 15.5. The van der Waals surface area contributed by atoms with Crippen molar-refractivity contribution in [1.29, 1.82) is 0 Å². The van der Waals surface area contributed by atoms with Crippen LogP contribution in [0.1, 0.15) is 32.1 Å². The van der Waals surface area contributed by atoms with Crippen LogP contribution in [0, 0.1) is 0 Å². The van der Waals surface area contributed by atoms with E-state index >= 15 is 0 Å². The van der Waals surface area contributed by atoms with Crippen molar-refractivity contribution in [3.05, 3.63) is 21.3 Å². The second-order valence-electron chi connectivity index (χ2n) is 4.30. The molecule has 1 aromatic heterocycles. The van der Waals surface area contributed by atoms with Crippen LogP contribution < -0.4 is 5.32 Å². The van der Waals surface area contributed by atoms with Gasteiger partial charge in [-0.15, -0.1) is 11.3 Å². The van der Waals surface area contributed by atoms with E-state index in [2.05, 4.69) is 19.2 Å². The van der Waals surface area contributed by atoms with Crippen molar-refractivity contribution in [2.45, 2.75) is 39.8 Å². The molecule has 1 amide bonds. The van der Waals surface area contributed by atoms with Gasteiger partial charge in [0.05, 0.1) is 17.4 Å². The summed E-state index contributed by atoms with van der Waals surface area (Å²) in [4.78, 5) is 15.0. The largest absolute Gasteiger partial charge is 0.337 e. The lowest BCUT2D eigenvalue weighted by Gasteiger charge is -2.21. The van der Waals surface area contributed by atoms with E-state index in [0.717, 1.165) is 22.2 Å². The van der Waals surface area contributed by atoms with Gasteiger partial charge in [-0.05, 0) is 32.4 Å². The van der Waals surface area contributed by atoms with Crippen LogP contribution in [0.15, 0.2) is 12.1 Å². The number of nitrogens with zero attached hydrogens (tertiary/aromatic N) is 1. The van der Waals surface area contributed by atoms with Crippen molar-refractivity contribution in [2.24, 2.45) is 0 Å². The molecule has 1 unspecified atom stereocenters. The molecular weight excluding hydrogens is 268 g/mol. The zero-order valence-electron chi connectivity index (χ0n) is 11.2. The summed E-state index contributed by atoms with van der Waals surface area (Å²) in [6.45, 7) is 7.96. The average Bonchev–Trinajstić information content (AvgIpc) is 2.78. The van der Waals surface area contributed by atoms with Gasteiger partial charge >= 0.3 is 0 Å². The van der Waals surface area contributed by atoms with Crippen LogP contribution in [0.5, 0.6) is 0 Å². The molecule has 0 aliphatic heterocycles. The number of nitrogens with one attached hydrogen (secondary N) is 1. The molecule has 18 heavy (non-hydrogen) atoms. The number of halogens is 1. The maximum atomic E-state index is 12.0. The van der Waals surface area contributed by atoms with E-state index in [4.69, 9.17) is 11.6 Å². The predicted molar refractivity (Wildman–Crippen MR) is 78.2 cm³/mol. The summed E-state index contributed by atoms with van der Waals surface area (Å²) >= 11 is 7.42. The van der Waals surface area contributed by atoms with E-state index in [1.54, 1.807) is 0 Å². The van der Waals surface area contributed by atoms with Crippen LogP contribution in [0.4, 0.5) is 0 Å². The minimum absolute atomic E-state index is 0.141. The molecule has 3 nitrogen and oxygen atoms in total. The van der Waals surface area contributed by atoms with Crippen LogP contribution in [0.25, 0.3) is 0 Å². The molecule has 0 fully saturated rings. The van der Waals surface area contributed by atoms with E-state index in [9.17, 15) is 4.79 Å². The molecule has 0 aromatic carbocycles. The number of amides is 1. The fraction of sp³-hybridized carbons (Fsp3) is 0.615. The van der Waals surface area contributed by atoms with Gasteiger partial charge in [0, 0.05) is 17.5 Å². The van der Waals surface area contributed by atoms with E-state index in [-0.39, 0.29) is 5.91 Å². The molecule has 1 aromatic rings. The van der Waals surface area contributed by atoms with Crippen LogP contribution in [-0.4, -0.2) is 29.9 Å². The lowest BCUT2D eigenvalue weighted by molar-refractivity contribution is -0.130. The van der Waals surface area contributed by atoms with E-state index in [1.807, 2.05) is 24.0 Å². The second kappa shape index (κ2) is 7.77. The average molecular weight is 289 g/mol. The Morgan fingerprint density at radius 3 is 2.72 bits per heavy atom. The maximum Gasteiger partial charge on any atom is 0.236 e. The summed E-state index contributed by atoms with van der Waals surface area (Å²) in [6, 6.07) is 4.23. The van der Waals surface area contributed by atoms with Gasteiger partial charge in [0.15, 0.2) is 0 Å². The Labute approximate surface area is 118 Å². The molecule has 0 spiro atoms. The number of rotatable bonds is 7. The molecule has 1 rings (SSSR count). The summed E-state index contributed by atoms with van der Waals surface area (Å²) in [5.41, 5.74) is 0. The van der Waals surface area contributed by atoms with Crippen molar-refractivity contribution in [2.75, 3.05) is 13.1 Å². The highest BCUT2D eigenvalue weighted by Gasteiger charge is 2.13. The van der Waals surface area contributed by atoms with Crippen LogP contribution in [-0.2, 0) is 11.3 Å². The number of carbonyl (C=O) groups is 1. The third kappa shape index (κ3) is 4.96. The molecule has 1 heterocycles. The first-order valence-corrected chi connectivity index (χ1v) is 7.51. The second-order valence-corrected chi connectivity index (χ2v) is 6.10. The number of hydrogen-bond donors (Lipinski definition) is 1. The van der Waals surface area contributed by atoms with Gasteiger partial charge in [-0.2, -0.15) is 0 Å². The predicted octanol–water partition coefficient (Wildman–Crippen LogP) is 3.14. The van der Waals surface area contributed by atoms with Crippen LogP contribution in [0.2, 0.25) is 4.34 Å². The summed E-state index contributed by atoms with van der Waals surface area (Å²) in [6.07, 6.45) is 1.03. The molecule has 0 radical (unpaired) electrons. The van der Waals surface area contributed by atoms with Gasteiger partial charge < -0.3 is 10.2 Å². The van der Waals surface area contributed by atoms with Gasteiger partial charge in [0.2, 0.25) is 5.91 Å². The highest BCUT2D eigenvalue weighted by atomic mass is 35.5. The topological polar surface area (TPSA) is 32.3 Å². The summed E-state index contributed by atoms with van der Waals surface area (Å²) in [5.74, 6) is 0.141. The molecule has 1 N–H and O–H groups in total. The van der Waals surface area contributed by atoms with Gasteiger partial charge in [-0.25, -0.2) is 0 Å². The highest BCUT2D eigenvalue weighted by molar-refractivity contribution is 7.16. The third-order valence-electron chi connectivity index (χ3n) is 2.92. The van der Waals surface area contributed by atoms with Crippen molar-refractivity contribution < 1.29 is 4.79 Å². The molecule has 5 heteroatoms.